The summed E-state index contributed by atoms with van der Waals surface area (Å²) < 4.78 is 3.92. The molecule has 8 N–H and O–H groups in total. The SMILES string of the molecule is C=CCn1c2ccc(C(=O)[O-])cc2c2cc(C(=O)O)ccc21.C=CCn1c2ccc(C(=O)[O-])cc2c2cc(C(=O)O)ccc21.[OH3+].[OH3+].[Zn+2]. The zero-order valence-corrected chi connectivity index (χ0v) is 28.0. The van der Waals surface area contributed by atoms with Gasteiger partial charge >= 0.3 is 31.4 Å². The van der Waals surface area contributed by atoms with Gasteiger partial charge in [-0.25, -0.2) is 9.59 Å². The van der Waals surface area contributed by atoms with Crippen molar-refractivity contribution in [3.05, 3.63) is 120 Å². The topological polar surface area (TPSA) is 231 Å². The van der Waals surface area contributed by atoms with Gasteiger partial charge in [0.05, 0.1) is 23.1 Å². The van der Waals surface area contributed by atoms with Crippen molar-refractivity contribution in [2.24, 2.45) is 0 Å². The third-order valence-electron chi connectivity index (χ3n) is 7.32. The average Bonchev–Trinajstić information content (AvgIpc) is 3.48. The van der Waals surface area contributed by atoms with E-state index in [4.69, 9.17) is 10.2 Å². The Bertz CT molecular complexity index is 1900. The minimum absolute atomic E-state index is 0. The van der Waals surface area contributed by atoms with Crippen molar-refractivity contribution in [2.75, 3.05) is 0 Å². The van der Waals surface area contributed by atoms with Gasteiger partial charge in [0.15, 0.2) is 0 Å². The van der Waals surface area contributed by atoms with E-state index in [0.29, 0.717) is 34.6 Å². The number of nitrogens with zero attached hydrogens (tertiary/aromatic N) is 2. The molecule has 47 heavy (non-hydrogen) atoms. The van der Waals surface area contributed by atoms with Gasteiger partial charge in [0, 0.05) is 56.7 Å². The number of fused-ring (bicyclic) bond motifs is 6. The fourth-order valence-electron chi connectivity index (χ4n) is 5.38. The summed E-state index contributed by atoms with van der Waals surface area (Å²) in [5.74, 6) is -4.58. The van der Waals surface area contributed by atoms with Gasteiger partial charge in [-0.15, -0.1) is 13.2 Å². The van der Waals surface area contributed by atoms with Crippen molar-refractivity contribution in [3.8, 4) is 0 Å². The molecule has 0 saturated carbocycles. The Kier molecular flexibility index (Phi) is 12.1. The van der Waals surface area contributed by atoms with Crippen LogP contribution in [0.1, 0.15) is 41.4 Å². The van der Waals surface area contributed by atoms with Crippen LogP contribution in [-0.4, -0.2) is 43.2 Å². The van der Waals surface area contributed by atoms with Gasteiger partial charge in [0.1, 0.15) is 0 Å². The van der Waals surface area contributed by atoms with Crippen LogP contribution >= 0.6 is 0 Å². The van der Waals surface area contributed by atoms with Crippen LogP contribution in [0.25, 0.3) is 43.6 Å². The van der Waals surface area contributed by atoms with Gasteiger partial charge < -0.3 is 50.1 Å². The van der Waals surface area contributed by atoms with Crippen LogP contribution in [-0.2, 0) is 43.5 Å². The van der Waals surface area contributed by atoms with Crippen molar-refractivity contribution >= 4 is 67.5 Å². The van der Waals surface area contributed by atoms with E-state index in [2.05, 4.69) is 13.2 Å². The number of carbonyl (C=O) groups is 4. The summed E-state index contributed by atoms with van der Waals surface area (Å²) >= 11 is 0. The number of carboxylic acids is 4. The first-order valence-electron chi connectivity index (χ1n) is 13.3. The van der Waals surface area contributed by atoms with Gasteiger partial charge in [-0.2, -0.15) is 0 Å². The summed E-state index contributed by atoms with van der Waals surface area (Å²) in [6.07, 6.45) is 3.47. The average molecular weight is 692 g/mol. The van der Waals surface area contributed by atoms with Crippen molar-refractivity contribution in [1.29, 1.82) is 0 Å². The van der Waals surface area contributed by atoms with E-state index in [1.54, 1.807) is 48.6 Å². The first kappa shape index (κ1) is 37.6. The molecule has 236 valence electrons. The molecule has 0 atom stereocenters. The molecular formula is C34H30N2O10Zn+2. The predicted octanol–water partition coefficient (Wildman–Crippen LogP) is 2.24. The molecule has 0 amide bonds. The third kappa shape index (κ3) is 6.97. The molecule has 0 aliphatic carbocycles. The maximum Gasteiger partial charge on any atom is 2.00 e. The first-order valence-corrected chi connectivity index (χ1v) is 13.3. The van der Waals surface area contributed by atoms with E-state index in [1.165, 1.54) is 36.4 Å². The smallest absolute Gasteiger partial charge is 0.545 e. The Hall–Kier alpha value is -5.62. The Morgan fingerprint density at radius 1 is 0.553 bits per heavy atom. The van der Waals surface area contributed by atoms with Crippen LogP contribution in [0, 0.1) is 0 Å². The van der Waals surface area contributed by atoms with E-state index in [-0.39, 0.29) is 52.7 Å². The minimum Gasteiger partial charge on any atom is -0.545 e. The number of benzene rings is 4. The molecule has 0 spiro atoms. The summed E-state index contributed by atoms with van der Waals surface area (Å²) in [6.45, 7) is 8.52. The second-order valence-corrected chi connectivity index (χ2v) is 9.91. The number of hydrogen-bond acceptors (Lipinski definition) is 6. The fraction of sp³-hybridized carbons (Fsp3) is 0.0588. The molecular weight excluding hydrogens is 662 g/mol. The summed E-state index contributed by atoms with van der Waals surface area (Å²) in [4.78, 5) is 44.4. The van der Waals surface area contributed by atoms with Crippen LogP contribution in [0.3, 0.4) is 0 Å². The molecule has 0 bridgehead atoms. The molecule has 0 radical (unpaired) electrons. The number of allylic oxidation sites excluding steroid dienone is 2. The van der Waals surface area contributed by atoms with Gasteiger partial charge in [-0.05, 0) is 71.8 Å². The normalized spacial score (nSPS) is 10.2. The molecule has 0 saturated heterocycles. The number of rotatable bonds is 8. The molecule has 2 heterocycles. The standard InChI is InChI=1S/2C17H13NO4.2H2O.Zn/c2*1-2-7-18-14-5-3-10(16(19)20)8-12(14)13-9-11(17(21)22)4-6-15(13)18;;;/h2*2-6,8-9H,1,7H2,(H,19,20)(H,21,22);2*1H2;/q;;;;+2. The van der Waals surface area contributed by atoms with Crippen LogP contribution in [0.5, 0.6) is 0 Å². The largest absolute Gasteiger partial charge is 2.00 e. The second kappa shape index (κ2) is 15.1. The van der Waals surface area contributed by atoms with Gasteiger partial charge in [0.25, 0.3) is 0 Å². The van der Waals surface area contributed by atoms with Gasteiger partial charge in [-0.1, -0.05) is 24.3 Å². The number of carbonyl (C=O) groups excluding carboxylic acids is 2. The molecule has 2 aromatic heterocycles. The van der Waals surface area contributed by atoms with E-state index in [9.17, 15) is 29.4 Å². The number of carboxylic acid groups (broad SMARTS) is 4. The maximum absolute atomic E-state index is 11.2. The quantitative estimate of drug-likeness (QED) is 0.136. The number of aromatic nitrogens is 2. The third-order valence-corrected chi connectivity index (χ3v) is 7.32. The fourth-order valence-corrected chi connectivity index (χ4v) is 5.38. The number of hydrogen-bond donors (Lipinski definition) is 2. The van der Waals surface area contributed by atoms with Crippen LogP contribution < -0.4 is 10.2 Å². The Labute approximate surface area is 279 Å². The van der Waals surface area contributed by atoms with E-state index >= 15 is 0 Å². The maximum atomic E-state index is 11.2. The van der Waals surface area contributed by atoms with E-state index < -0.39 is 23.9 Å². The monoisotopic (exact) mass is 690 g/mol. The Morgan fingerprint density at radius 2 is 0.809 bits per heavy atom. The molecule has 4 aromatic carbocycles. The minimum atomic E-state index is -1.26. The van der Waals surface area contributed by atoms with Crippen molar-refractivity contribution in [3.63, 3.8) is 0 Å². The molecule has 0 aliphatic heterocycles. The summed E-state index contributed by atoms with van der Waals surface area (Å²) in [5, 5.41) is 43.2. The molecule has 6 rings (SSSR count). The summed E-state index contributed by atoms with van der Waals surface area (Å²) in [5.41, 5.74) is 3.74. The molecule has 12 nitrogen and oxygen atoms in total. The first-order chi connectivity index (χ1) is 21.0. The van der Waals surface area contributed by atoms with Gasteiger partial charge in [-0.3, -0.25) is 0 Å². The Morgan fingerprint density at radius 3 is 1.04 bits per heavy atom. The molecule has 0 aliphatic rings. The molecule has 13 heteroatoms. The molecule has 0 fully saturated rings. The van der Waals surface area contributed by atoms with Crippen molar-refractivity contribution in [1.82, 2.24) is 9.13 Å². The van der Waals surface area contributed by atoms with E-state index in [1.807, 2.05) is 9.13 Å². The zero-order valence-electron chi connectivity index (χ0n) is 25.0. The molecule has 0 unspecified atom stereocenters. The Balaban J connectivity index is 0.000000307. The predicted molar refractivity (Wildman–Crippen MR) is 172 cm³/mol. The zero-order chi connectivity index (χ0) is 31.7. The summed E-state index contributed by atoms with van der Waals surface area (Å²) in [6, 6.07) is 19.0. The van der Waals surface area contributed by atoms with Gasteiger partial charge in [0.2, 0.25) is 0 Å². The van der Waals surface area contributed by atoms with Crippen molar-refractivity contribution < 1.29 is 70.0 Å². The summed E-state index contributed by atoms with van der Waals surface area (Å²) in [7, 11) is 0. The van der Waals surface area contributed by atoms with E-state index in [0.717, 1.165) is 22.1 Å². The number of aromatic carboxylic acids is 4. The van der Waals surface area contributed by atoms with Crippen LogP contribution in [0.2, 0.25) is 0 Å². The van der Waals surface area contributed by atoms with Crippen LogP contribution in [0.15, 0.2) is 98.1 Å². The second-order valence-electron chi connectivity index (χ2n) is 9.91. The van der Waals surface area contributed by atoms with Crippen LogP contribution in [0.4, 0.5) is 0 Å². The molecule has 6 aromatic rings. The van der Waals surface area contributed by atoms with Crippen molar-refractivity contribution in [2.45, 2.75) is 13.1 Å².